The SMILES string of the molecule is CCCCCCCCCCCOC(=O)C1CCC(OCCOC2CCCCC2)C(C)C1C. The van der Waals surface area contributed by atoms with Gasteiger partial charge in [-0.15, -0.1) is 0 Å². The highest BCUT2D eigenvalue weighted by molar-refractivity contribution is 5.73. The second-order valence-electron chi connectivity index (χ2n) is 10.4. The summed E-state index contributed by atoms with van der Waals surface area (Å²) in [5.41, 5.74) is 0. The third kappa shape index (κ3) is 10.5. The molecule has 32 heavy (non-hydrogen) atoms. The molecule has 2 saturated carbocycles. The van der Waals surface area contributed by atoms with Crippen LogP contribution in [-0.2, 0) is 19.0 Å². The molecule has 0 amide bonds. The van der Waals surface area contributed by atoms with Gasteiger partial charge in [0.15, 0.2) is 0 Å². The normalized spacial score (nSPS) is 26.8. The highest BCUT2D eigenvalue weighted by Gasteiger charge is 2.39. The summed E-state index contributed by atoms with van der Waals surface area (Å²) in [5, 5.41) is 0. The average molecular weight is 453 g/mol. The molecule has 0 saturated heterocycles. The molecule has 4 atom stereocenters. The number of carbonyl (C=O) groups is 1. The molecular weight excluding hydrogens is 400 g/mol. The molecule has 4 unspecified atom stereocenters. The van der Waals surface area contributed by atoms with Crippen molar-refractivity contribution < 1.29 is 19.0 Å². The molecule has 4 heteroatoms. The van der Waals surface area contributed by atoms with Gasteiger partial charge < -0.3 is 14.2 Å². The van der Waals surface area contributed by atoms with Crippen molar-refractivity contribution >= 4 is 5.97 Å². The van der Waals surface area contributed by atoms with Crippen LogP contribution in [0.2, 0.25) is 0 Å². The Kier molecular flexibility index (Phi) is 14.6. The fraction of sp³-hybridized carbons (Fsp3) is 0.964. The van der Waals surface area contributed by atoms with Crippen molar-refractivity contribution in [3.63, 3.8) is 0 Å². The van der Waals surface area contributed by atoms with Gasteiger partial charge in [-0.2, -0.15) is 0 Å². The Balaban J connectivity index is 1.51. The van der Waals surface area contributed by atoms with Crippen molar-refractivity contribution in [1.82, 2.24) is 0 Å². The van der Waals surface area contributed by atoms with Crippen molar-refractivity contribution in [2.24, 2.45) is 17.8 Å². The van der Waals surface area contributed by atoms with Gasteiger partial charge in [0.05, 0.1) is 37.9 Å². The van der Waals surface area contributed by atoms with Gasteiger partial charge in [0.25, 0.3) is 0 Å². The Morgan fingerprint density at radius 1 is 0.688 bits per heavy atom. The van der Waals surface area contributed by atoms with Crippen LogP contribution in [0.1, 0.15) is 124 Å². The number of rotatable bonds is 16. The Bertz CT molecular complexity index is 474. The minimum atomic E-state index is 0.0167. The van der Waals surface area contributed by atoms with Gasteiger partial charge in [0.2, 0.25) is 0 Å². The van der Waals surface area contributed by atoms with E-state index in [-0.39, 0.29) is 18.0 Å². The maximum Gasteiger partial charge on any atom is 0.309 e. The van der Waals surface area contributed by atoms with Gasteiger partial charge in [0, 0.05) is 0 Å². The molecule has 0 radical (unpaired) electrons. The zero-order valence-electron chi connectivity index (χ0n) is 21.5. The molecule has 188 valence electrons. The highest BCUT2D eigenvalue weighted by Crippen LogP contribution is 2.37. The lowest BCUT2D eigenvalue weighted by Crippen LogP contribution is -2.40. The largest absolute Gasteiger partial charge is 0.465 e. The van der Waals surface area contributed by atoms with E-state index in [1.807, 2.05) is 0 Å². The molecule has 4 nitrogen and oxygen atoms in total. The molecule has 2 aliphatic carbocycles. The van der Waals surface area contributed by atoms with Gasteiger partial charge >= 0.3 is 5.97 Å². The molecule has 0 spiro atoms. The Hall–Kier alpha value is -0.610. The van der Waals surface area contributed by atoms with Crippen LogP contribution in [-0.4, -0.2) is 38.0 Å². The van der Waals surface area contributed by atoms with E-state index in [1.54, 1.807) is 0 Å². The average Bonchev–Trinajstić information content (AvgIpc) is 2.81. The van der Waals surface area contributed by atoms with Gasteiger partial charge in [-0.3, -0.25) is 4.79 Å². The summed E-state index contributed by atoms with van der Waals surface area (Å²) in [7, 11) is 0. The molecule has 0 heterocycles. The second-order valence-corrected chi connectivity index (χ2v) is 10.4. The van der Waals surface area contributed by atoms with Crippen molar-refractivity contribution in [2.75, 3.05) is 19.8 Å². The zero-order chi connectivity index (χ0) is 23.0. The molecule has 2 aliphatic rings. The molecule has 0 aromatic carbocycles. The van der Waals surface area contributed by atoms with Crippen LogP contribution in [0.4, 0.5) is 0 Å². The lowest BCUT2D eigenvalue weighted by Gasteiger charge is -2.38. The fourth-order valence-corrected chi connectivity index (χ4v) is 5.48. The summed E-state index contributed by atoms with van der Waals surface area (Å²) < 4.78 is 17.8. The standard InChI is InChI=1S/C28H52O4/c1-4-5-6-7-8-9-10-11-15-20-32-28(29)26-18-19-27(24(3)23(26)2)31-22-21-30-25-16-13-12-14-17-25/h23-27H,4-22H2,1-3H3. The Morgan fingerprint density at radius 2 is 1.31 bits per heavy atom. The minimum Gasteiger partial charge on any atom is -0.465 e. The van der Waals surface area contributed by atoms with Crippen LogP contribution in [0.3, 0.4) is 0 Å². The van der Waals surface area contributed by atoms with Crippen LogP contribution >= 0.6 is 0 Å². The van der Waals surface area contributed by atoms with E-state index >= 15 is 0 Å². The van der Waals surface area contributed by atoms with E-state index in [2.05, 4.69) is 20.8 Å². The van der Waals surface area contributed by atoms with Gasteiger partial charge in [0.1, 0.15) is 0 Å². The van der Waals surface area contributed by atoms with Gasteiger partial charge in [-0.1, -0.05) is 91.4 Å². The summed E-state index contributed by atoms with van der Waals surface area (Å²) >= 11 is 0. The quantitative estimate of drug-likeness (QED) is 0.180. The summed E-state index contributed by atoms with van der Waals surface area (Å²) in [5.74, 6) is 0.734. The number of hydrogen-bond acceptors (Lipinski definition) is 4. The number of unbranched alkanes of at least 4 members (excludes halogenated alkanes) is 8. The minimum absolute atomic E-state index is 0.0167. The number of ether oxygens (including phenoxy) is 3. The smallest absolute Gasteiger partial charge is 0.309 e. The van der Waals surface area contributed by atoms with Gasteiger partial charge in [-0.05, 0) is 43.9 Å². The number of esters is 1. The van der Waals surface area contributed by atoms with Crippen LogP contribution in [0.15, 0.2) is 0 Å². The Labute approximate surface area is 198 Å². The van der Waals surface area contributed by atoms with E-state index in [1.165, 1.54) is 83.5 Å². The maximum atomic E-state index is 12.6. The first-order valence-electron chi connectivity index (χ1n) is 14.0. The van der Waals surface area contributed by atoms with E-state index in [4.69, 9.17) is 14.2 Å². The van der Waals surface area contributed by atoms with Gasteiger partial charge in [-0.25, -0.2) is 0 Å². The maximum absolute atomic E-state index is 12.6. The lowest BCUT2D eigenvalue weighted by atomic mass is 9.72. The molecule has 0 bridgehead atoms. The fourth-order valence-electron chi connectivity index (χ4n) is 5.48. The summed E-state index contributed by atoms with van der Waals surface area (Å²) in [4.78, 5) is 12.6. The van der Waals surface area contributed by atoms with E-state index in [0.29, 0.717) is 37.8 Å². The second kappa shape index (κ2) is 16.9. The molecule has 0 aliphatic heterocycles. The third-order valence-electron chi connectivity index (χ3n) is 7.93. The topological polar surface area (TPSA) is 44.8 Å². The first-order valence-corrected chi connectivity index (χ1v) is 14.0. The van der Waals surface area contributed by atoms with E-state index in [0.717, 1.165) is 19.3 Å². The predicted molar refractivity (Wildman–Crippen MR) is 132 cm³/mol. The van der Waals surface area contributed by atoms with Crippen molar-refractivity contribution in [1.29, 1.82) is 0 Å². The summed E-state index contributed by atoms with van der Waals surface area (Å²) in [6.45, 7) is 8.65. The third-order valence-corrected chi connectivity index (χ3v) is 7.93. The zero-order valence-corrected chi connectivity index (χ0v) is 21.5. The number of carbonyl (C=O) groups excluding carboxylic acids is 1. The first-order chi connectivity index (χ1) is 15.6. The van der Waals surface area contributed by atoms with Crippen LogP contribution < -0.4 is 0 Å². The van der Waals surface area contributed by atoms with E-state index < -0.39 is 0 Å². The lowest BCUT2D eigenvalue weighted by molar-refractivity contribution is -0.156. The predicted octanol–water partition coefficient (Wildman–Crippen LogP) is 7.48. The summed E-state index contributed by atoms with van der Waals surface area (Å²) in [6, 6.07) is 0. The Morgan fingerprint density at radius 3 is 2.00 bits per heavy atom. The van der Waals surface area contributed by atoms with Crippen molar-refractivity contribution in [2.45, 2.75) is 136 Å². The monoisotopic (exact) mass is 452 g/mol. The molecular formula is C28H52O4. The molecule has 0 N–H and O–H groups in total. The van der Waals surface area contributed by atoms with E-state index in [9.17, 15) is 4.79 Å². The van der Waals surface area contributed by atoms with Crippen LogP contribution in [0.5, 0.6) is 0 Å². The highest BCUT2D eigenvalue weighted by atomic mass is 16.5. The van der Waals surface area contributed by atoms with Crippen LogP contribution in [0.25, 0.3) is 0 Å². The molecule has 0 aromatic heterocycles. The number of hydrogen-bond donors (Lipinski definition) is 0. The first kappa shape index (κ1) is 27.6. The molecule has 2 fully saturated rings. The molecule has 0 aromatic rings. The molecule has 2 rings (SSSR count). The van der Waals surface area contributed by atoms with Crippen molar-refractivity contribution in [3.8, 4) is 0 Å². The van der Waals surface area contributed by atoms with Crippen LogP contribution in [0, 0.1) is 17.8 Å². The van der Waals surface area contributed by atoms with Crippen molar-refractivity contribution in [3.05, 3.63) is 0 Å². The summed E-state index contributed by atoms with van der Waals surface area (Å²) in [6.07, 6.45) is 20.5.